The molecule has 0 unspecified atom stereocenters. The quantitative estimate of drug-likeness (QED) is 0.500. The van der Waals surface area contributed by atoms with Gasteiger partial charge in [0.15, 0.2) is 0 Å². The number of carbonyl (C=O) groups excluding carboxylic acids is 2. The second-order valence-corrected chi connectivity index (χ2v) is 10.2. The van der Waals surface area contributed by atoms with Gasteiger partial charge in [-0.05, 0) is 43.4 Å². The van der Waals surface area contributed by atoms with Gasteiger partial charge < -0.3 is 14.7 Å². The molecular weight excluding hydrogens is 491 g/mol. The van der Waals surface area contributed by atoms with E-state index in [9.17, 15) is 14.4 Å². The number of carboxylic acid groups (broad SMARTS) is 1. The molecule has 0 aromatic heterocycles. The summed E-state index contributed by atoms with van der Waals surface area (Å²) in [6, 6.07) is 12.5. The highest BCUT2D eigenvalue weighted by atomic mass is 35.5. The highest BCUT2D eigenvalue weighted by Gasteiger charge is 2.54. The number of nitrogens with zero attached hydrogens (tertiary/aromatic N) is 2. The number of hydrogen-bond acceptors (Lipinski definition) is 4. The van der Waals surface area contributed by atoms with E-state index in [1.807, 2.05) is 35.2 Å². The summed E-state index contributed by atoms with van der Waals surface area (Å²) < 4.78 is 5.68. The first-order chi connectivity index (χ1) is 16.8. The van der Waals surface area contributed by atoms with Crippen molar-refractivity contribution in [2.75, 3.05) is 4.90 Å². The number of amides is 2. The van der Waals surface area contributed by atoms with Crippen LogP contribution in [0.5, 0.6) is 0 Å². The molecule has 0 radical (unpaired) electrons. The van der Waals surface area contributed by atoms with Crippen LogP contribution < -0.4 is 4.90 Å². The predicted octanol–water partition coefficient (Wildman–Crippen LogP) is 5.83. The van der Waals surface area contributed by atoms with Crippen LogP contribution in [0.25, 0.3) is 0 Å². The zero-order chi connectivity index (χ0) is 24.7. The van der Waals surface area contributed by atoms with Crippen LogP contribution in [0.1, 0.15) is 55.7 Å². The molecule has 3 atom stereocenters. The van der Waals surface area contributed by atoms with E-state index in [0.717, 1.165) is 36.8 Å². The summed E-state index contributed by atoms with van der Waals surface area (Å²) in [5, 5.41) is 9.77. The van der Waals surface area contributed by atoms with Gasteiger partial charge in [0.1, 0.15) is 6.61 Å². The third-order valence-corrected chi connectivity index (χ3v) is 7.88. The van der Waals surface area contributed by atoms with Crippen molar-refractivity contribution in [2.45, 2.75) is 63.3 Å². The van der Waals surface area contributed by atoms with Crippen molar-refractivity contribution in [1.82, 2.24) is 4.90 Å². The van der Waals surface area contributed by atoms with Crippen molar-refractivity contribution < 1.29 is 24.2 Å². The summed E-state index contributed by atoms with van der Waals surface area (Å²) in [4.78, 5) is 41.2. The van der Waals surface area contributed by atoms with E-state index in [4.69, 9.17) is 33.0 Å². The number of fused-ring (bicyclic) bond motifs is 2. The third-order valence-electron chi connectivity index (χ3n) is 7.16. The van der Waals surface area contributed by atoms with Gasteiger partial charge in [-0.1, -0.05) is 53.5 Å². The Morgan fingerprint density at radius 1 is 1.00 bits per heavy atom. The predicted molar refractivity (Wildman–Crippen MR) is 132 cm³/mol. The van der Waals surface area contributed by atoms with E-state index in [2.05, 4.69) is 0 Å². The van der Waals surface area contributed by atoms with Gasteiger partial charge in [0.2, 0.25) is 5.91 Å². The van der Waals surface area contributed by atoms with Crippen LogP contribution in [0.2, 0.25) is 10.0 Å². The Labute approximate surface area is 213 Å². The van der Waals surface area contributed by atoms with Crippen molar-refractivity contribution in [3.8, 4) is 0 Å². The summed E-state index contributed by atoms with van der Waals surface area (Å²) in [5.74, 6) is -1.16. The van der Waals surface area contributed by atoms with Crippen molar-refractivity contribution in [3.05, 3.63) is 63.6 Å². The Hall–Kier alpha value is -2.77. The molecule has 2 aromatic carbocycles. The van der Waals surface area contributed by atoms with Crippen LogP contribution in [-0.2, 0) is 20.9 Å². The van der Waals surface area contributed by atoms with Gasteiger partial charge in [0.05, 0.1) is 28.2 Å². The normalized spacial score (nSPS) is 22.5. The van der Waals surface area contributed by atoms with Gasteiger partial charge >= 0.3 is 12.1 Å². The summed E-state index contributed by atoms with van der Waals surface area (Å²) >= 11 is 12.8. The molecule has 35 heavy (non-hydrogen) atoms. The summed E-state index contributed by atoms with van der Waals surface area (Å²) in [6.45, 7) is 0.148. The number of ether oxygens (including phenoxy) is 1. The summed E-state index contributed by atoms with van der Waals surface area (Å²) in [6.07, 6.45) is 2.65. The molecule has 1 N–H and O–H groups in total. The molecule has 2 aromatic rings. The molecule has 184 valence electrons. The molecule has 0 spiro atoms. The lowest BCUT2D eigenvalue weighted by Crippen LogP contribution is -2.59. The standard InChI is InChI=1S/C26H26Cl2N2O5/c27-19-12-18-22(13-20(19)28)30(26(34)35-14-15-4-2-1-3-5-15)21-9-8-17(21)25(18)29(16-6-7-16)23(31)10-11-24(32)33/h1-5,12-13,16-17,21,25H,6-11,14H2,(H,32,33)/t17-,21+,25+/m0/s1. The Balaban J connectivity index is 1.49. The molecule has 0 bridgehead atoms. The minimum Gasteiger partial charge on any atom is -0.481 e. The molecule has 5 rings (SSSR count). The maximum atomic E-state index is 13.3. The number of halogens is 2. The largest absolute Gasteiger partial charge is 0.481 e. The first-order valence-corrected chi connectivity index (χ1v) is 12.6. The average molecular weight is 517 g/mol. The van der Waals surface area contributed by atoms with Gasteiger partial charge in [0.25, 0.3) is 0 Å². The smallest absolute Gasteiger partial charge is 0.414 e. The molecule has 2 aliphatic carbocycles. The fourth-order valence-corrected chi connectivity index (χ4v) is 5.59. The Kier molecular flexibility index (Phi) is 6.64. The molecular formula is C26H26Cl2N2O5. The van der Waals surface area contributed by atoms with Crippen LogP contribution in [0.4, 0.5) is 10.5 Å². The lowest BCUT2D eigenvalue weighted by molar-refractivity contribution is -0.143. The molecule has 7 nitrogen and oxygen atoms in total. The van der Waals surface area contributed by atoms with Crippen molar-refractivity contribution in [2.24, 2.45) is 5.92 Å². The third kappa shape index (κ3) is 4.71. The summed E-state index contributed by atoms with van der Waals surface area (Å²) in [7, 11) is 0. The zero-order valence-corrected chi connectivity index (χ0v) is 20.5. The number of carboxylic acids is 1. The first kappa shape index (κ1) is 23.9. The van der Waals surface area contributed by atoms with E-state index in [0.29, 0.717) is 15.7 Å². The monoisotopic (exact) mass is 516 g/mol. The van der Waals surface area contributed by atoms with Crippen LogP contribution >= 0.6 is 23.2 Å². The highest BCUT2D eigenvalue weighted by Crippen LogP contribution is 2.55. The lowest BCUT2D eigenvalue weighted by Gasteiger charge is -2.54. The Bertz CT molecular complexity index is 1150. The van der Waals surface area contributed by atoms with Crippen LogP contribution in [0.15, 0.2) is 42.5 Å². The summed E-state index contributed by atoms with van der Waals surface area (Å²) in [5.41, 5.74) is 2.24. The minimum absolute atomic E-state index is 0.0124. The lowest BCUT2D eigenvalue weighted by atomic mass is 9.68. The molecule has 2 saturated carbocycles. The van der Waals surface area contributed by atoms with E-state index in [-0.39, 0.29) is 49.4 Å². The maximum absolute atomic E-state index is 13.3. The first-order valence-electron chi connectivity index (χ1n) is 11.9. The van der Waals surface area contributed by atoms with Crippen LogP contribution in [0, 0.1) is 5.92 Å². The highest BCUT2D eigenvalue weighted by molar-refractivity contribution is 6.42. The number of carbonyl (C=O) groups is 3. The van der Waals surface area contributed by atoms with Gasteiger partial charge in [-0.25, -0.2) is 4.79 Å². The zero-order valence-electron chi connectivity index (χ0n) is 19.0. The molecule has 1 aliphatic heterocycles. The second-order valence-electron chi connectivity index (χ2n) is 9.41. The number of anilines is 1. The second kappa shape index (κ2) is 9.70. The van der Waals surface area contributed by atoms with Gasteiger partial charge in [-0.15, -0.1) is 0 Å². The number of rotatable bonds is 7. The van der Waals surface area contributed by atoms with Crippen molar-refractivity contribution in [3.63, 3.8) is 0 Å². The molecule has 2 fully saturated rings. The molecule has 2 amide bonds. The number of benzene rings is 2. The Morgan fingerprint density at radius 2 is 1.71 bits per heavy atom. The average Bonchev–Trinajstić information content (AvgIpc) is 3.65. The number of aliphatic carboxylic acids is 1. The SMILES string of the molecule is O=C(O)CCC(=O)N(C1CC1)[C@H]1c2cc(Cl)c(Cl)cc2N(C(=O)OCc2ccccc2)[C@@H]2CC[C@@H]21. The van der Waals surface area contributed by atoms with Crippen molar-refractivity contribution in [1.29, 1.82) is 0 Å². The number of hydrogen-bond donors (Lipinski definition) is 1. The fourth-order valence-electron chi connectivity index (χ4n) is 5.26. The van der Waals surface area contributed by atoms with E-state index in [1.165, 1.54) is 0 Å². The molecule has 1 heterocycles. The van der Waals surface area contributed by atoms with E-state index < -0.39 is 12.1 Å². The van der Waals surface area contributed by atoms with Crippen LogP contribution in [-0.4, -0.2) is 40.1 Å². The van der Waals surface area contributed by atoms with E-state index in [1.54, 1.807) is 17.0 Å². The molecule has 3 aliphatic rings. The van der Waals surface area contributed by atoms with Crippen LogP contribution in [0.3, 0.4) is 0 Å². The van der Waals surface area contributed by atoms with Gasteiger partial charge in [0, 0.05) is 30.0 Å². The van der Waals surface area contributed by atoms with Gasteiger partial charge in [-0.2, -0.15) is 0 Å². The molecule has 0 saturated heterocycles. The van der Waals surface area contributed by atoms with E-state index >= 15 is 0 Å². The maximum Gasteiger partial charge on any atom is 0.414 e. The Morgan fingerprint density at radius 3 is 2.34 bits per heavy atom. The fraction of sp³-hybridized carbons (Fsp3) is 0.423. The van der Waals surface area contributed by atoms with Crippen molar-refractivity contribution >= 4 is 46.9 Å². The topological polar surface area (TPSA) is 87.2 Å². The van der Waals surface area contributed by atoms with Gasteiger partial charge in [-0.3, -0.25) is 14.5 Å². The molecule has 9 heteroatoms. The minimum atomic E-state index is -0.998.